The highest BCUT2D eigenvalue weighted by molar-refractivity contribution is 5.88. The Morgan fingerprint density at radius 1 is 1.45 bits per heavy atom. The Kier molecular flexibility index (Phi) is 4.60. The highest BCUT2D eigenvalue weighted by Crippen LogP contribution is 2.14. The number of methoxy groups -OCH3 is 1. The normalized spacial score (nSPS) is 10.1. The van der Waals surface area contributed by atoms with Crippen LogP contribution >= 0.6 is 0 Å². The van der Waals surface area contributed by atoms with Crippen LogP contribution in [0.4, 0.5) is 5.69 Å². The molecule has 0 spiro atoms. The van der Waals surface area contributed by atoms with Crippen molar-refractivity contribution in [3.05, 3.63) is 42.0 Å². The van der Waals surface area contributed by atoms with Gasteiger partial charge in [0.2, 0.25) is 5.88 Å². The van der Waals surface area contributed by atoms with Crippen molar-refractivity contribution in [2.45, 2.75) is 13.5 Å². The van der Waals surface area contributed by atoms with Gasteiger partial charge in [-0.1, -0.05) is 0 Å². The number of ether oxygens (including phenoxy) is 2. The number of aromatic nitrogens is 1. The molecule has 0 radical (unpaired) electrons. The Bertz CT molecular complexity index is 563. The van der Waals surface area contributed by atoms with Crippen molar-refractivity contribution in [2.75, 3.05) is 19.0 Å². The average Bonchev–Trinajstić information content (AvgIpc) is 2.95. The molecule has 0 bridgehead atoms. The largest absolute Gasteiger partial charge is 0.478 e. The summed E-state index contributed by atoms with van der Waals surface area (Å²) < 4.78 is 15.1. The van der Waals surface area contributed by atoms with Crippen molar-refractivity contribution in [1.29, 1.82) is 0 Å². The molecule has 6 heteroatoms. The zero-order valence-corrected chi connectivity index (χ0v) is 11.4. The molecule has 106 valence electrons. The summed E-state index contributed by atoms with van der Waals surface area (Å²) >= 11 is 0. The zero-order valence-electron chi connectivity index (χ0n) is 11.4. The van der Waals surface area contributed by atoms with Gasteiger partial charge in [0.15, 0.2) is 0 Å². The number of hydrogen-bond donors (Lipinski definition) is 1. The maximum atomic E-state index is 11.3. The van der Waals surface area contributed by atoms with Gasteiger partial charge in [0.25, 0.3) is 0 Å². The van der Waals surface area contributed by atoms with E-state index in [4.69, 9.17) is 9.15 Å². The third-order valence-corrected chi connectivity index (χ3v) is 2.57. The van der Waals surface area contributed by atoms with E-state index in [0.29, 0.717) is 30.4 Å². The molecule has 2 rings (SSSR count). The van der Waals surface area contributed by atoms with Gasteiger partial charge in [-0.15, -0.1) is 0 Å². The molecule has 0 aliphatic carbocycles. The fourth-order valence-corrected chi connectivity index (χ4v) is 1.61. The topological polar surface area (TPSA) is 73.6 Å². The predicted octanol–water partition coefficient (Wildman–Crippen LogP) is 2.47. The van der Waals surface area contributed by atoms with Crippen LogP contribution in [0, 0.1) is 0 Å². The third-order valence-electron chi connectivity index (χ3n) is 2.57. The molecule has 2 heterocycles. The standard InChI is InChI=1S/C14H16N2O4/c1-3-19-13-5-4-11(7-16-13)15-8-12-6-10(9-20-12)14(17)18-2/h4-7,9,15H,3,8H2,1-2H3. The minimum Gasteiger partial charge on any atom is -0.478 e. The first kappa shape index (κ1) is 13.9. The van der Waals surface area contributed by atoms with Gasteiger partial charge in [0.1, 0.15) is 12.0 Å². The molecular weight excluding hydrogens is 260 g/mol. The molecule has 0 saturated heterocycles. The van der Waals surface area contributed by atoms with E-state index >= 15 is 0 Å². The lowest BCUT2D eigenvalue weighted by atomic mass is 10.3. The molecule has 0 aliphatic heterocycles. The van der Waals surface area contributed by atoms with Crippen LogP contribution in [-0.4, -0.2) is 24.7 Å². The number of nitrogens with zero attached hydrogens (tertiary/aromatic N) is 1. The van der Waals surface area contributed by atoms with E-state index in [1.807, 2.05) is 13.0 Å². The molecule has 2 aromatic rings. The quantitative estimate of drug-likeness (QED) is 0.817. The van der Waals surface area contributed by atoms with Crippen molar-refractivity contribution >= 4 is 11.7 Å². The van der Waals surface area contributed by atoms with Gasteiger partial charge in [-0.2, -0.15) is 0 Å². The van der Waals surface area contributed by atoms with Gasteiger partial charge in [0, 0.05) is 6.07 Å². The molecule has 0 aliphatic rings. The number of hydrogen-bond acceptors (Lipinski definition) is 6. The molecule has 6 nitrogen and oxygen atoms in total. The summed E-state index contributed by atoms with van der Waals surface area (Å²) in [7, 11) is 1.33. The van der Waals surface area contributed by atoms with Crippen LogP contribution in [0.25, 0.3) is 0 Å². The monoisotopic (exact) mass is 276 g/mol. The van der Waals surface area contributed by atoms with Crippen LogP contribution in [0.3, 0.4) is 0 Å². The lowest BCUT2D eigenvalue weighted by molar-refractivity contribution is 0.0600. The van der Waals surface area contributed by atoms with E-state index in [1.54, 1.807) is 18.3 Å². The second-order valence-electron chi connectivity index (χ2n) is 3.96. The highest BCUT2D eigenvalue weighted by atomic mass is 16.5. The van der Waals surface area contributed by atoms with Gasteiger partial charge >= 0.3 is 5.97 Å². The first-order chi connectivity index (χ1) is 9.72. The number of esters is 1. The maximum Gasteiger partial charge on any atom is 0.341 e. The molecule has 0 unspecified atom stereocenters. The van der Waals surface area contributed by atoms with Crippen LogP contribution < -0.4 is 10.1 Å². The van der Waals surface area contributed by atoms with Crippen molar-refractivity contribution in [2.24, 2.45) is 0 Å². The molecule has 0 atom stereocenters. The number of nitrogens with one attached hydrogen (secondary N) is 1. The third kappa shape index (κ3) is 3.50. The average molecular weight is 276 g/mol. The molecule has 0 amide bonds. The lowest BCUT2D eigenvalue weighted by Crippen LogP contribution is -2.01. The van der Waals surface area contributed by atoms with Crippen molar-refractivity contribution < 1.29 is 18.7 Å². The molecule has 20 heavy (non-hydrogen) atoms. The fraction of sp³-hybridized carbons (Fsp3) is 0.286. The second-order valence-corrected chi connectivity index (χ2v) is 3.96. The van der Waals surface area contributed by atoms with Gasteiger partial charge in [-0.25, -0.2) is 9.78 Å². The summed E-state index contributed by atoms with van der Waals surface area (Å²) in [6.07, 6.45) is 3.05. The second kappa shape index (κ2) is 6.60. The molecule has 0 aromatic carbocycles. The number of furan rings is 1. The summed E-state index contributed by atoms with van der Waals surface area (Å²) in [5.74, 6) is 0.811. The maximum absolute atomic E-state index is 11.3. The predicted molar refractivity (Wildman–Crippen MR) is 72.8 cm³/mol. The number of pyridine rings is 1. The highest BCUT2D eigenvalue weighted by Gasteiger charge is 2.09. The fourth-order valence-electron chi connectivity index (χ4n) is 1.61. The van der Waals surface area contributed by atoms with E-state index in [2.05, 4.69) is 15.0 Å². The Labute approximate surface area is 116 Å². The molecule has 2 aromatic heterocycles. The summed E-state index contributed by atoms with van der Waals surface area (Å²) in [5, 5.41) is 3.14. The van der Waals surface area contributed by atoms with Crippen LogP contribution in [-0.2, 0) is 11.3 Å². The molecule has 0 saturated carbocycles. The SMILES string of the molecule is CCOc1ccc(NCc2cc(C(=O)OC)co2)cn1. The van der Waals surface area contributed by atoms with Crippen LogP contribution in [0.5, 0.6) is 5.88 Å². The van der Waals surface area contributed by atoms with E-state index in [-0.39, 0.29) is 0 Å². The van der Waals surface area contributed by atoms with E-state index in [0.717, 1.165) is 5.69 Å². The smallest absolute Gasteiger partial charge is 0.341 e. The molecule has 0 fully saturated rings. The Hall–Kier alpha value is -2.50. The number of carbonyl (C=O) groups is 1. The van der Waals surface area contributed by atoms with Crippen molar-refractivity contribution in [3.8, 4) is 5.88 Å². The minimum atomic E-state index is -0.414. The lowest BCUT2D eigenvalue weighted by Gasteiger charge is -2.05. The summed E-state index contributed by atoms with van der Waals surface area (Å²) in [4.78, 5) is 15.4. The molecule has 1 N–H and O–H groups in total. The van der Waals surface area contributed by atoms with Crippen molar-refractivity contribution in [3.63, 3.8) is 0 Å². The first-order valence-corrected chi connectivity index (χ1v) is 6.21. The molecular formula is C14H16N2O4. The summed E-state index contributed by atoms with van der Waals surface area (Å²) in [5.41, 5.74) is 1.23. The minimum absolute atomic E-state index is 0.397. The van der Waals surface area contributed by atoms with Crippen molar-refractivity contribution in [1.82, 2.24) is 4.98 Å². The van der Waals surface area contributed by atoms with E-state index in [1.165, 1.54) is 13.4 Å². The van der Waals surface area contributed by atoms with Crippen LogP contribution in [0.2, 0.25) is 0 Å². The van der Waals surface area contributed by atoms with E-state index in [9.17, 15) is 4.79 Å². The number of anilines is 1. The summed E-state index contributed by atoms with van der Waals surface area (Å²) in [6.45, 7) is 2.94. The summed E-state index contributed by atoms with van der Waals surface area (Å²) in [6, 6.07) is 5.29. The van der Waals surface area contributed by atoms with E-state index < -0.39 is 5.97 Å². The van der Waals surface area contributed by atoms with Gasteiger partial charge < -0.3 is 19.2 Å². The Morgan fingerprint density at radius 2 is 2.30 bits per heavy atom. The zero-order chi connectivity index (χ0) is 14.4. The van der Waals surface area contributed by atoms with Gasteiger partial charge in [-0.05, 0) is 19.1 Å². The van der Waals surface area contributed by atoms with Crippen LogP contribution in [0.1, 0.15) is 23.0 Å². The van der Waals surface area contributed by atoms with Crippen LogP contribution in [0.15, 0.2) is 35.1 Å². The first-order valence-electron chi connectivity index (χ1n) is 6.21. The van der Waals surface area contributed by atoms with Gasteiger partial charge in [0.05, 0.1) is 37.7 Å². The van der Waals surface area contributed by atoms with Gasteiger partial charge in [-0.3, -0.25) is 0 Å². The number of carbonyl (C=O) groups excluding carboxylic acids is 1. The number of rotatable bonds is 6. The Balaban J connectivity index is 1.91. The Morgan fingerprint density at radius 3 is 2.95 bits per heavy atom.